The molecule has 140 valence electrons. The monoisotopic (exact) mass is 354 g/mol. The smallest absolute Gasteiger partial charge is 0.450 e. The van der Waals surface area contributed by atoms with E-state index in [9.17, 15) is 9.90 Å². The molecule has 0 heterocycles. The van der Waals surface area contributed by atoms with E-state index in [1.807, 2.05) is 42.5 Å². The Balaban J connectivity index is 2.38. The molecule has 0 amide bonds. The fourth-order valence-corrected chi connectivity index (χ4v) is 3.38. The van der Waals surface area contributed by atoms with Crippen LogP contribution < -0.4 is 0 Å². The van der Waals surface area contributed by atoms with Crippen molar-refractivity contribution in [2.75, 3.05) is 0 Å². The van der Waals surface area contributed by atoms with Gasteiger partial charge in [0.1, 0.15) is 6.10 Å². The van der Waals surface area contributed by atoms with Crippen molar-refractivity contribution in [2.24, 2.45) is 0 Å². The third-order valence-electron chi connectivity index (χ3n) is 4.74. The molecule has 0 aliphatic carbocycles. The number of benzene rings is 2. The first-order chi connectivity index (χ1) is 12.7. The van der Waals surface area contributed by atoms with Crippen LogP contribution in [-0.2, 0) is 24.0 Å². The standard InChI is InChI=1S/C23H30O3/c1-3-5-13-19-14-10-16-21(20(19)15-6-4-2)22(26-23(24)25)17-18-11-8-7-9-12-18/h7-12,14,16,22H,3-6,13,15,17H2,1-2H3,(H,24,25). The van der Waals surface area contributed by atoms with E-state index in [1.54, 1.807) is 0 Å². The molecule has 3 nitrogen and oxygen atoms in total. The summed E-state index contributed by atoms with van der Waals surface area (Å²) < 4.78 is 5.34. The second-order valence-electron chi connectivity index (χ2n) is 6.75. The molecule has 0 radical (unpaired) electrons. The van der Waals surface area contributed by atoms with Gasteiger partial charge in [-0.1, -0.05) is 75.2 Å². The Hall–Kier alpha value is -2.29. The minimum Gasteiger partial charge on any atom is -0.450 e. The highest BCUT2D eigenvalue weighted by atomic mass is 16.7. The van der Waals surface area contributed by atoms with Gasteiger partial charge in [-0.2, -0.15) is 0 Å². The molecule has 1 atom stereocenters. The van der Waals surface area contributed by atoms with Crippen LogP contribution >= 0.6 is 0 Å². The Labute approximate surface area is 157 Å². The van der Waals surface area contributed by atoms with Crippen molar-refractivity contribution in [1.29, 1.82) is 0 Å². The van der Waals surface area contributed by atoms with Crippen molar-refractivity contribution in [3.63, 3.8) is 0 Å². The van der Waals surface area contributed by atoms with Crippen LogP contribution in [0.5, 0.6) is 0 Å². The molecular weight excluding hydrogens is 324 g/mol. The molecule has 0 bridgehead atoms. The minimum atomic E-state index is -1.22. The number of ether oxygens (including phenoxy) is 1. The number of carboxylic acid groups (broad SMARTS) is 1. The van der Waals surface area contributed by atoms with Crippen LogP contribution in [0.2, 0.25) is 0 Å². The number of carbonyl (C=O) groups is 1. The average Bonchev–Trinajstić information content (AvgIpc) is 2.64. The van der Waals surface area contributed by atoms with Crippen molar-refractivity contribution in [2.45, 2.75) is 64.9 Å². The molecule has 0 spiro atoms. The summed E-state index contributed by atoms with van der Waals surface area (Å²) in [6.45, 7) is 4.38. The summed E-state index contributed by atoms with van der Waals surface area (Å²) in [5.41, 5.74) is 4.73. The van der Waals surface area contributed by atoms with Crippen molar-refractivity contribution in [1.82, 2.24) is 0 Å². The maximum absolute atomic E-state index is 11.3. The highest BCUT2D eigenvalue weighted by molar-refractivity contribution is 5.57. The van der Waals surface area contributed by atoms with E-state index >= 15 is 0 Å². The van der Waals surface area contributed by atoms with Crippen molar-refractivity contribution < 1.29 is 14.6 Å². The molecule has 2 rings (SSSR count). The summed E-state index contributed by atoms with van der Waals surface area (Å²) in [4.78, 5) is 11.3. The zero-order valence-electron chi connectivity index (χ0n) is 15.9. The van der Waals surface area contributed by atoms with Gasteiger partial charge in [-0.05, 0) is 47.9 Å². The van der Waals surface area contributed by atoms with Gasteiger partial charge in [0, 0.05) is 6.42 Å². The molecule has 3 heteroatoms. The predicted molar refractivity (Wildman–Crippen MR) is 106 cm³/mol. The van der Waals surface area contributed by atoms with E-state index in [2.05, 4.69) is 19.9 Å². The third kappa shape index (κ3) is 5.91. The SMILES string of the molecule is CCCCc1cccc(C(Cc2ccccc2)OC(=O)O)c1CCCC. The summed E-state index contributed by atoms with van der Waals surface area (Å²) in [6.07, 6.45) is 5.39. The van der Waals surface area contributed by atoms with Crippen molar-refractivity contribution >= 4 is 6.16 Å². The Kier molecular flexibility index (Phi) is 8.20. The quantitative estimate of drug-likeness (QED) is 0.506. The van der Waals surface area contributed by atoms with Gasteiger partial charge in [0.15, 0.2) is 0 Å². The highest BCUT2D eigenvalue weighted by Crippen LogP contribution is 2.30. The number of hydrogen-bond donors (Lipinski definition) is 1. The molecule has 0 saturated heterocycles. The molecule has 0 saturated carbocycles. The average molecular weight is 354 g/mol. The summed E-state index contributed by atoms with van der Waals surface area (Å²) in [7, 11) is 0. The van der Waals surface area contributed by atoms with E-state index in [-0.39, 0.29) is 0 Å². The van der Waals surface area contributed by atoms with Crippen LogP contribution in [-0.4, -0.2) is 11.3 Å². The van der Waals surface area contributed by atoms with E-state index in [0.717, 1.165) is 49.7 Å². The Morgan fingerprint density at radius 3 is 2.31 bits per heavy atom. The first-order valence-corrected chi connectivity index (χ1v) is 9.69. The lowest BCUT2D eigenvalue weighted by Crippen LogP contribution is -2.15. The molecule has 0 fully saturated rings. The largest absolute Gasteiger partial charge is 0.506 e. The van der Waals surface area contributed by atoms with Crippen LogP contribution in [0.3, 0.4) is 0 Å². The normalized spacial score (nSPS) is 11.9. The molecule has 26 heavy (non-hydrogen) atoms. The molecule has 1 unspecified atom stereocenters. The molecule has 2 aromatic carbocycles. The van der Waals surface area contributed by atoms with E-state index < -0.39 is 12.3 Å². The topological polar surface area (TPSA) is 46.5 Å². The number of hydrogen-bond acceptors (Lipinski definition) is 2. The fourth-order valence-electron chi connectivity index (χ4n) is 3.38. The summed E-state index contributed by atoms with van der Waals surface area (Å²) in [5.74, 6) is 0. The molecule has 0 aliphatic heterocycles. The Morgan fingerprint density at radius 2 is 1.65 bits per heavy atom. The van der Waals surface area contributed by atoms with Crippen LogP contribution in [0.15, 0.2) is 48.5 Å². The van der Waals surface area contributed by atoms with E-state index in [4.69, 9.17) is 4.74 Å². The van der Waals surface area contributed by atoms with Gasteiger partial charge < -0.3 is 9.84 Å². The lowest BCUT2D eigenvalue weighted by Gasteiger charge is -2.22. The van der Waals surface area contributed by atoms with Crippen LogP contribution in [0.1, 0.15) is 67.9 Å². The van der Waals surface area contributed by atoms with Gasteiger partial charge in [0.05, 0.1) is 0 Å². The molecule has 0 aliphatic rings. The first-order valence-electron chi connectivity index (χ1n) is 9.69. The maximum atomic E-state index is 11.3. The summed E-state index contributed by atoms with van der Waals surface area (Å²) >= 11 is 0. The second-order valence-corrected chi connectivity index (χ2v) is 6.75. The number of unbranched alkanes of at least 4 members (excludes halogenated alkanes) is 2. The maximum Gasteiger partial charge on any atom is 0.506 e. The van der Waals surface area contributed by atoms with Crippen molar-refractivity contribution in [3.8, 4) is 0 Å². The molecular formula is C23H30O3. The van der Waals surface area contributed by atoms with Crippen molar-refractivity contribution in [3.05, 3.63) is 70.8 Å². The van der Waals surface area contributed by atoms with E-state index in [1.165, 1.54) is 11.1 Å². The van der Waals surface area contributed by atoms with Crippen LogP contribution in [0.4, 0.5) is 4.79 Å². The summed E-state index contributed by atoms with van der Waals surface area (Å²) in [5, 5.41) is 9.28. The molecule has 2 aromatic rings. The minimum absolute atomic E-state index is 0.469. The van der Waals surface area contributed by atoms with Gasteiger partial charge in [-0.25, -0.2) is 4.79 Å². The van der Waals surface area contributed by atoms with Crippen LogP contribution in [0.25, 0.3) is 0 Å². The Morgan fingerprint density at radius 1 is 0.962 bits per heavy atom. The van der Waals surface area contributed by atoms with Gasteiger partial charge in [0.25, 0.3) is 0 Å². The van der Waals surface area contributed by atoms with Crippen LogP contribution in [0, 0.1) is 0 Å². The highest BCUT2D eigenvalue weighted by Gasteiger charge is 2.21. The lowest BCUT2D eigenvalue weighted by molar-refractivity contribution is 0.0509. The van der Waals surface area contributed by atoms with Gasteiger partial charge in [0.2, 0.25) is 0 Å². The molecule has 0 aromatic heterocycles. The number of rotatable bonds is 10. The lowest BCUT2D eigenvalue weighted by atomic mass is 9.89. The summed E-state index contributed by atoms with van der Waals surface area (Å²) in [6, 6.07) is 16.2. The fraction of sp³-hybridized carbons (Fsp3) is 0.435. The number of aryl methyl sites for hydroxylation is 1. The predicted octanol–water partition coefficient (Wildman–Crippen LogP) is 6.35. The van der Waals surface area contributed by atoms with Gasteiger partial charge in [-0.15, -0.1) is 0 Å². The Bertz CT molecular complexity index is 679. The zero-order chi connectivity index (χ0) is 18.8. The zero-order valence-corrected chi connectivity index (χ0v) is 15.9. The third-order valence-corrected chi connectivity index (χ3v) is 4.74. The molecule has 1 N–H and O–H groups in total. The first kappa shape index (κ1) is 20.0. The second kappa shape index (κ2) is 10.6. The van der Waals surface area contributed by atoms with E-state index in [0.29, 0.717) is 6.42 Å². The van der Waals surface area contributed by atoms with Gasteiger partial charge in [-0.3, -0.25) is 0 Å². The van der Waals surface area contributed by atoms with Gasteiger partial charge >= 0.3 is 6.16 Å².